The summed E-state index contributed by atoms with van der Waals surface area (Å²) in [4.78, 5) is 28.8. The minimum Gasteiger partial charge on any atom is -0.463 e. The molecule has 15 heteroatoms. The number of nitrogen functional groups attached to an aromatic ring is 1. The first kappa shape index (κ1) is 27.5. The van der Waals surface area contributed by atoms with Crippen molar-refractivity contribution in [3.63, 3.8) is 0 Å². The maximum Gasteiger partial charge on any atom is 0.432 e. The number of sulfonamides is 1. The quantitative estimate of drug-likeness (QED) is 0.388. The van der Waals surface area contributed by atoms with Crippen LogP contribution < -0.4 is 16.0 Å². The van der Waals surface area contributed by atoms with Crippen molar-refractivity contribution in [2.75, 3.05) is 55.7 Å². The molecule has 0 saturated carbocycles. The van der Waals surface area contributed by atoms with E-state index in [1.54, 1.807) is 18.2 Å². The third-order valence-electron chi connectivity index (χ3n) is 7.06. The molecule has 1 saturated heterocycles. The van der Waals surface area contributed by atoms with E-state index >= 15 is 0 Å². The molecule has 0 unspecified atom stereocenters. The predicted octanol–water partition coefficient (Wildman–Crippen LogP) is 2.02. The lowest BCUT2D eigenvalue weighted by Gasteiger charge is -2.34. The second-order valence-electron chi connectivity index (χ2n) is 9.68. The van der Waals surface area contributed by atoms with Gasteiger partial charge in [-0.15, -0.1) is 5.10 Å². The molecule has 4 N–H and O–H groups in total. The number of rotatable bonds is 5. The van der Waals surface area contributed by atoms with Gasteiger partial charge in [0.15, 0.2) is 5.82 Å². The van der Waals surface area contributed by atoms with Gasteiger partial charge < -0.3 is 26.0 Å². The summed E-state index contributed by atoms with van der Waals surface area (Å²) in [5, 5.41) is 16.2. The van der Waals surface area contributed by atoms with Gasteiger partial charge in [0.25, 0.3) is 5.91 Å². The summed E-state index contributed by atoms with van der Waals surface area (Å²) in [5.74, 6) is -2.93. The fraction of sp³-hybridized carbons (Fsp3) is 0.320. The van der Waals surface area contributed by atoms with E-state index in [4.69, 9.17) is 5.73 Å². The van der Waals surface area contributed by atoms with Crippen molar-refractivity contribution in [1.82, 2.24) is 19.0 Å². The second-order valence-corrected chi connectivity index (χ2v) is 11.6. The highest BCUT2D eigenvalue weighted by molar-refractivity contribution is 7.89. The fourth-order valence-corrected chi connectivity index (χ4v) is 6.33. The van der Waals surface area contributed by atoms with Crippen molar-refractivity contribution in [1.29, 1.82) is 0 Å². The maximum absolute atomic E-state index is 13.7. The Morgan fingerprint density at radius 3 is 2.33 bits per heavy atom. The Kier molecular flexibility index (Phi) is 7.20. The Balaban J connectivity index is 1.41. The van der Waals surface area contributed by atoms with Gasteiger partial charge in [-0.1, -0.05) is 0 Å². The summed E-state index contributed by atoms with van der Waals surface area (Å²) in [6.45, 7) is 2.85. The van der Waals surface area contributed by atoms with Gasteiger partial charge in [0.05, 0.1) is 16.2 Å². The molecule has 0 spiro atoms. The van der Waals surface area contributed by atoms with Crippen LogP contribution in [0.4, 0.5) is 30.8 Å². The van der Waals surface area contributed by atoms with Gasteiger partial charge in [-0.3, -0.25) is 4.79 Å². The van der Waals surface area contributed by atoms with Gasteiger partial charge >= 0.3 is 6.09 Å². The van der Waals surface area contributed by atoms with Gasteiger partial charge in [0.2, 0.25) is 10.0 Å². The first-order valence-electron chi connectivity index (χ1n) is 12.4. The second kappa shape index (κ2) is 10.5. The number of halogens is 2. The molecule has 5 rings (SSSR count). The topological polar surface area (TPSA) is 154 Å². The number of fused-ring (bicyclic) bond motifs is 1. The van der Waals surface area contributed by atoms with Crippen molar-refractivity contribution in [3.8, 4) is 0 Å². The molecule has 2 aliphatic heterocycles. The lowest BCUT2D eigenvalue weighted by atomic mass is 10.1. The number of piperazine rings is 1. The largest absolute Gasteiger partial charge is 0.463 e. The normalized spacial score (nSPS) is 16.5. The zero-order chi connectivity index (χ0) is 28.8. The third kappa shape index (κ3) is 5.22. The van der Waals surface area contributed by atoms with E-state index in [9.17, 15) is 31.9 Å². The van der Waals surface area contributed by atoms with E-state index in [1.165, 1.54) is 0 Å². The zero-order valence-electron chi connectivity index (χ0n) is 21.5. The highest BCUT2D eigenvalue weighted by Gasteiger charge is 2.35. The number of nitrogens with zero attached hydrogens (tertiary/aromatic N) is 5. The summed E-state index contributed by atoms with van der Waals surface area (Å²) < 4.78 is 55.4. The number of aromatic nitrogens is 2. The Labute approximate surface area is 228 Å². The van der Waals surface area contributed by atoms with Gasteiger partial charge in [0.1, 0.15) is 11.6 Å². The van der Waals surface area contributed by atoms with E-state index in [-0.39, 0.29) is 47.8 Å². The molecule has 12 nitrogen and oxygen atoms in total. The maximum atomic E-state index is 13.7. The van der Waals surface area contributed by atoms with Crippen LogP contribution in [0.5, 0.6) is 0 Å². The molecule has 2 aromatic carbocycles. The number of benzene rings is 2. The molecule has 3 aromatic rings. The molecule has 3 heterocycles. The summed E-state index contributed by atoms with van der Waals surface area (Å²) >= 11 is 0. The summed E-state index contributed by atoms with van der Waals surface area (Å²) in [6, 6.07) is 6.99. The van der Waals surface area contributed by atoms with Gasteiger partial charge in [-0.2, -0.15) is 8.99 Å². The molecule has 0 radical (unpaired) electrons. The molecular weight excluding hydrogens is 548 g/mol. The van der Waals surface area contributed by atoms with Crippen LogP contribution in [0.2, 0.25) is 0 Å². The van der Waals surface area contributed by atoms with E-state index in [1.807, 2.05) is 7.05 Å². The molecule has 1 fully saturated rings. The Hall–Kier alpha value is -4.08. The van der Waals surface area contributed by atoms with E-state index in [2.05, 4.69) is 20.2 Å². The van der Waals surface area contributed by atoms with Crippen LogP contribution in [0.15, 0.2) is 41.3 Å². The lowest BCUT2D eigenvalue weighted by molar-refractivity contribution is 0.102. The average molecular weight is 576 g/mol. The zero-order valence-corrected chi connectivity index (χ0v) is 22.3. The molecule has 1 aromatic heterocycles. The van der Waals surface area contributed by atoms with Crippen molar-refractivity contribution in [2.45, 2.75) is 17.9 Å². The van der Waals surface area contributed by atoms with Gasteiger partial charge in [-0.25, -0.2) is 22.0 Å². The van der Waals surface area contributed by atoms with E-state index in [0.29, 0.717) is 22.9 Å². The van der Waals surface area contributed by atoms with Crippen LogP contribution in [-0.2, 0) is 23.0 Å². The average Bonchev–Trinajstić information content (AvgIpc) is 3.26. The van der Waals surface area contributed by atoms with Crippen LogP contribution in [0.25, 0.3) is 0 Å². The summed E-state index contributed by atoms with van der Waals surface area (Å²) in [5.41, 5.74) is 7.75. The smallest absolute Gasteiger partial charge is 0.432 e. The minimum atomic E-state index is -4.36. The molecule has 1 amide bonds. The predicted molar refractivity (Wildman–Crippen MR) is 142 cm³/mol. The van der Waals surface area contributed by atoms with Crippen LogP contribution >= 0.6 is 0 Å². The van der Waals surface area contributed by atoms with Crippen LogP contribution in [-0.4, -0.2) is 84.3 Å². The Morgan fingerprint density at radius 1 is 1.02 bits per heavy atom. The number of carbonyl (C=O) groups excluding carboxylic acids is 1. The van der Waals surface area contributed by atoms with E-state index < -0.39 is 38.6 Å². The van der Waals surface area contributed by atoms with Crippen LogP contribution in [0, 0.1) is 11.6 Å². The number of likely N-dealkylation sites (N-methyl/N-ethyl adjacent to an activating group) is 1. The fourth-order valence-electron chi connectivity index (χ4n) is 4.88. The molecule has 0 bridgehead atoms. The number of amides is 1. The van der Waals surface area contributed by atoms with Crippen molar-refractivity contribution < 1.29 is 31.9 Å². The minimum absolute atomic E-state index is 0.0661. The third-order valence-corrected chi connectivity index (χ3v) is 8.88. The van der Waals surface area contributed by atoms with Crippen molar-refractivity contribution in [3.05, 3.63) is 64.9 Å². The molecule has 2 aliphatic rings. The van der Waals surface area contributed by atoms with Crippen molar-refractivity contribution in [2.24, 2.45) is 0 Å². The van der Waals surface area contributed by atoms with Gasteiger partial charge in [-0.05, 0) is 37.4 Å². The van der Waals surface area contributed by atoms with Crippen LogP contribution in [0.1, 0.15) is 21.6 Å². The highest BCUT2D eigenvalue weighted by atomic mass is 32.2. The summed E-state index contributed by atoms with van der Waals surface area (Å²) in [6.07, 6.45) is -1.49. The molecule has 0 aliphatic carbocycles. The molecular formula is C25H27F2N7O5S. The lowest BCUT2D eigenvalue weighted by Crippen LogP contribution is -2.44. The van der Waals surface area contributed by atoms with Crippen molar-refractivity contribution >= 4 is 39.2 Å². The number of hydrogen-bond donors (Lipinski definition) is 3. The summed E-state index contributed by atoms with van der Waals surface area (Å²) in [7, 11) is -2.31. The highest BCUT2D eigenvalue weighted by Crippen LogP contribution is 2.31. The first-order chi connectivity index (χ1) is 18.9. The number of nitrogens with two attached hydrogens (primary N) is 1. The number of nitrogens with one attached hydrogen (secondary N) is 1. The molecule has 212 valence electrons. The molecule has 40 heavy (non-hydrogen) atoms. The SMILES string of the molecule is CN1CCN(c2ccc(C(=O)Nc3nn(C(=O)O)c4c3CN(S(=O)(=O)c3cc(F)cc(F)c3)CC4)c(N)c2)CC1. The first-order valence-corrected chi connectivity index (χ1v) is 13.8. The number of hydrogen-bond acceptors (Lipinski definition) is 8. The number of anilines is 3. The standard InChI is InChI=1S/C25H27F2N7O5S/c1-31-6-8-32(9-7-31)17-2-3-19(21(28)13-17)24(35)29-23-20-14-33(5-4-22(20)34(30-23)25(36)37)40(38,39)18-11-15(26)10-16(27)12-18/h2-3,10-13H,4-9,14,28H2,1H3,(H,36,37)(H,29,30,35). The number of carboxylic acid groups (broad SMARTS) is 1. The van der Waals surface area contributed by atoms with E-state index in [0.717, 1.165) is 36.2 Å². The Morgan fingerprint density at radius 2 is 1.70 bits per heavy atom. The van der Waals surface area contributed by atoms with Gasteiger partial charge in [0, 0.05) is 68.7 Å². The number of carbonyl (C=O) groups is 2. The monoisotopic (exact) mass is 575 g/mol. The molecule has 0 atom stereocenters. The van der Waals surface area contributed by atoms with Crippen LogP contribution in [0.3, 0.4) is 0 Å². The Bertz CT molecular complexity index is 1580.